The van der Waals surface area contributed by atoms with Gasteiger partial charge in [-0.3, -0.25) is 9.59 Å². The van der Waals surface area contributed by atoms with Gasteiger partial charge in [-0.1, -0.05) is 60.3 Å². The maximum Gasteiger partial charge on any atom is 0.277 e. The van der Waals surface area contributed by atoms with Crippen LogP contribution in [0.1, 0.15) is 51.0 Å². The van der Waals surface area contributed by atoms with Crippen LogP contribution >= 0.6 is 11.8 Å². The zero-order valence-corrected chi connectivity index (χ0v) is 23.4. The molecule has 206 valence electrons. The van der Waals surface area contributed by atoms with Gasteiger partial charge in [-0.2, -0.15) is 5.10 Å². The quantitative estimate of drug-likeness (QED) is 0.294. The van der Waals surface area contributed by atoms with E-state index in [0.29, 0.717) is 28.2 Å². The molecule has 40 heavy (non-hydrogen) atoms. The molecule has 2 aromatic carbocycles. The molecule has 8 rings (SSSR count). The zero-order valence-electron chi connectivity index (χ0n) is 22.6. The fraction of sp³-hybridized carbons (Fsp3) is 0.452. The monoisotopic (exact) mass is 555 g/mol. The number of nitrogens with zero attached hydrogens (tertiary/aromatic N) is 4. The molecule has 4 saturated carbocycles. The first-order valence-corrected chi connectivity index (χ1v) is 15.2. The number of fused-ring (bicyclic) bond motifs is 1. The maximum absolute atomic E-state index is 13.2. The molecule has 1 amide bonds. The molecule has 2 heterocycles. The van der Waals surface area contributed by atoms with Crippen LogP contribution in [0, 0.1) is 23.2 Å². The Morgan fingerprint density at radius 3 is 2.35 bits per heavy atom. The number of carbonyl (C=O) groups excluding carboxylic acids is 1. The summed E-state index contributed by atoms with van der Waals surface area (Å²) in [5.41, 5.74) is 1.50. The lowest BCUT2D eigenvalue weighted by Crippen LogP contribution is -2.56. The number of rotatable bonds is 8. The second-order valence-corrected chi connectivity index (χ2v) is 13.0. The number of thioether (sulfide) groups is 1. The summed E-state index contributed by atoms with van der Waals surface area (Å²) in [6.45, 7) is 2.52. The van der Waals surface area contributed by atoms with Crippen molar-refractivity contribution < 1.29 is 9.21 Å². The van der Waals surface area contributed by atoms with E-state index in [2.05, 4.69) is 27.5 Å². The molecular formula is C31H33N5O3S. The minimum absolute atomic E-state index is 0.00650. The van der Waals surface area contributed by atoms with Crippen LogP contribution in [0.3, 0.4) is 0 Å². The highest BCUT2D eigenvalue weighted by atomic mass is 32.2. The van der Waals surface area contributed by atoms with Crippen molar-refractivity contribution in [1.82, 2.24) is 25.3 Å². The minimum Gasteiger partial charge on any atom is -0.409 e. The van der Waals surface area contributed by atoms with Crippen molar-refractivity contribution in [3.05, 3.63) is 70.5 Å². The van der Waals surface area contributed by atoms with Crippen molar-refractivity contribution in [3.8, 4) is 11.6 Å². The first-order valence-electron chi connectivity index (χ1n) is 14.3. The molecule has 0 aliphatic heterocycles. The van der Waals surface area contributed by atoms with E-state index in [0.717, 1.165) is 23.3 Å². The van der Waals surface area contributed by atoms with Crippen LogP contribution < -0.4 is 10.9 Å². The molecule has 8 nitrogen and oxygen atoms in total. The highest BCUT2D eigenvalue weighted by Crippen LogP contribution is 2.61. The zero-order chi connectivity index (χ0) is 27.3. The number of aromatic nitrogens is 4. The Bertz CT molecular complexity index is 1580. The SMILES string of the molecule is C[C@H](NC(=O)CSc1nnc(-c2nn(Cc3ccccc3)c(=O)c3ccccc23)o1)C12CC3CC(CC(C3)C1)C2. The second-order valence-electron chi connectivity index (χ2n) is 12.1. The third-order valence-corrected chi connectivity index (χ3v) is 10.2. The third kappa shape index (κ3) is 4.74. The number of hydrogen-bond acceptors (Lipinski definition) is 7. The molecule has 1 atom stereocenters. The van der Waals surface area contributed by atoms with E-state index in [9.17, 15) is 9.59 Å². The predicted molar refractivity (Wildman–Crippen MR) is 154 cm³/mol. The Morgan fingerprint density at radius 2 is 1.65 bits per heavy atom. The minimum atomic E-state index is -0.179. The van der Waals surface area contributed by atoms with E-state index in [-0.39, 0.29) is 34.6 Å². The summed E-state index contributed by atoms with van der Waals surface area (Å²) in [5, 5.41) is 17.8. The summed E-state index contributed by atoms with van der Waals surface area (Å²) >= 11 is 1.23. The molecule has 0 radical (unpaired) electrons. The van der Waals surface area contributed by atoms with E-state index in [4.69, 9.17) is 4.42 Å². The number of nitrogens with one attached hydrogen (secondary N) is 1. The van der Waals surface area contributed by atoms with Crippen LogP contribution in [0.2, 0.25) is 0 Å². The topological polar surface area (TPSA) is 103 Å². The average molecular weight is 556 g/mol. The molecule has 0 spiro atoms. The Labute approximate surface area is 236 Å². The van der Waals surface area contributed by atoms with Gasteiger partial charge < -0.3 is 9.73 Å². The van der Waals surface area contributed by atoms with E-state index in [1.54, 1.807) is 6.07 Å². The smallest absolute Gasteiger partial charge is 0.277 e. The van der Waals surface area contributed by atoms with Crippen LogP contribution in [0.4, 0.5) is 0 Å². The van der Waals surface area contributed by atoms with Gasteiger partial charge in [0, 0.05) is 11.4 Å². The Morgan fingerprint density at radius 1 is 1.00 bits per heavy atom. The summed E-state index contributed by atoms with van der Waals surface area (Å²) in [4.78, 5) is 26.1. The lowest BCUT2D eigenvalue weighted by Gasteiger charge is -2.59. The molecule has 1 N–H and O–H groups in total. The van der Waals surface area contributed by atoms with Crippen molar-refractivity contribution in [2.45, 2.75) is 63.3 Å². The van der Waals surface area contributed by atoms with Crippen LogP contribution in [0.25, 0.3) is 22.4 Å². The number of benzene rings is 2. The molecule has 2 aromatic heterocycles. The molecule has 4 fully saturated rings. The second kappa shape index (κ2) is 10.2. The van der Waals surface area contributed by atoms with Gasteiger partial charge in [0.25, 0.3) is 16.7 Å². The summed E-state index contributed by atoms with van der Waals surface area (Å²) in [6, 6.07) is 17.2. The van der Waals surface area contributed by atoms with Crippen LogP contribution in [-0.2, 0) is 11.3 Å². The predicted octanol–water partition coefficient (Wildman–Crippen LogP) is 5.31. The lowest BCUT2D eigenvalue weighted by molar-refractivity contribution is -0.123. The van der Waals surface area contributed by atoms with E-state index < -0.39 is 0 Å². The van der Waals surface area contributed by atoms with Crippen molar-refractivity contribution >= 4 is 28.4 Å². The first kappa shape index (κ1) is 25.5. The molecule has 4 aromatic rings. The number of hydrogen-bond donors (Lipinski definition) is 1. The van der Waals surface area contributed by atoms with Gasteiger partial charge >= 0.3 is 0 Å². The van der Waals surface area contributed by atoms with Gasteiger partial charge in [-0.25, -0.2) is 4.68 Å². The van der Waals surface area contributed by atoms with Crippen molar-refractivity contribution in [1.29, 1.82) is 0 Å². The van der Waals surface area contributed by atoms with Crippen molar-refractivity contribution in [2.24, 2.45) is 23.2 Å². The maximum atomic E-state index is 13.2. The number of amides is 1. The molecule has 0 saturated heterocycles. The fourth-order valence-electron chi connectivity index (χ4n) is 7.89. The Balaban J connectivity index is 1.06. The van der Waals surface area contributed by atoms with Crippen molar-refractivity contribution in [3.63, 3.8) is 0 Å². The fourth-order valence-corrected chi connectivity index (χ4v) is 8.47. The van der Waals surface area contributed by atoms with E-state index in [1.165, 1.54) is 55.0 Å². The molecule has 4 bridgehead atoms. The van der Waals surface area contributed by atoms with Gasteiger partial charge in [-0.15, -0.1) is 10.2 Å². The van der Waals surface area contributed by atoms with Gasteiger partial charge in [0.15, 0.2) is 5.69 Å². The van der Waals surface area contributed by atoms with Crippen LogP contribution in [0.15, 0.2) is 69.0 Å². The highest BCUT2D eigenvalue weighted by molar-refractivity contribution is 7.99. The Kier molecular flexibility index (Phi) is 6.49. The normalized spacial score (nSPS) is 25.8. The summed E-state index contributed by atoms with van der Waals surface area (Å²) in [6.07, 6.45) is 7.95. The molecule has 0 unspecified atom stereocenters. The van der Waals surface area contributed by atoms with Gasteiger partial charge in [0.05, 0.1) is 17.7 Å². The summed E-state index contributed by atoms with van der Waals surface area (Å²) < 4.78 is 7.40. The van der Waals surface area contributed by atoms with Crippen molar-refractivity contribution in [2.75, 3.05) is 5.75 Å². The van der Waals surface area contributed by atoms with Gasteiger partial charge in [0.2, 0.25) is 5.91 Å². The molecular weight excluding hydrogens is 522 g/mol. The first-order chi connectivity index (χ1) is 19.5. The Hall–Kier alpha value is -3.46. The summed E-state index contributed by atoms with van der Waals surface area (Å²) in [7, 11) is 0. The van der Waals surface area contributed by atoms with Crippen LogP contribution in [-0.4, -0.2) is 37.7 Å². The third-order valence-electron chi connectivity index (χ3n) is 9.36. The standard InChI is InChI=1S/C31H33N5O3S/c1-19(31-14-21-11-22(15-31)13-23(12-21)16-31)32-26(37)18-40-30-34-33-28(39-30)27-24-9-5-6-10-25(24)29(38)36(35-27)17-20-7-3-2-4-8-20/h2-10,19,21-23H,11-18H2,1H3,(H,32,37)/t19-,21?,22?,23?,31?/m0/s1. The molecule has 4 aliphatic rings. The lowest BCUT2D eigenvalue weighted by atomic mass is 9.48. The highest BCUT2D eigenvalue weighted by Gasteiger charge is 2.53. The number of carbonyl (C=O) groups is 1. The van der Waals surface area contributed by atoms with Crippen LogP contribution in [0.5, 0.6) is 0 Å². The molecule has 9 heteroatoms. The molecule has 4 aliphatic carbocycles. The van der Waals surface area contributed by atoms with Gasteiger partial charge in [-0.05, 0) is 80.2 Å². The van der Waals surface area contributed by atoms with Gasteiger partial charge in [0.1, 0.15) is 0 Å². The van der Waals surface area contributed by atoms with E-state index >= 15 is 0 Å². The largest absolute Gasteiger partial charge is 0.409 e. The van der Waals surface area contributed by atoms with E-state index in [1.807, 2.05) is 48.5 Å². The average Bonchev–Trinajstić information content (AvgIpc) is 3.42. The summed E-state index contributed by atoms with van der Waals surface area (Å²) in [5.74, 6) is 2.98.